The first kappa shape index (κ1) is 19.4. The SMILES string of the molecule is COc1ccc(-c2nocc2C(=O)N2CCC(O)(c3ccc(C)nc3)C2)cc1Cl. The zero-order chi connectivity index (χ0) is 20.6. The van der Waals surface area contributed by atoms with Crippen molar-refractivity contribution in [2.45, 2.75) is 18.9 Å². The summed E-state index contributed by atoms with van der Waals surface area (Å²) in [5.41, 5.74) is 1.80. The zero-order valence-electron chi connectivity index (χ0n) is 16.1. The van der Waals surface area contributed by atoms with Crippen LogP contribution in [-0.2, 0) is 5.60 Å². The molecule has 7 nitrogen and oxygen atoms in total. The second-order valence-corrected chi connectivity index (χ2v) is 7.53. The second kappa shape index (κ2) is 7.50. The third-order valence-corrected chi connectivity index (χ3v) is 5.50. The first-order chi connectivity index (χ1) is 13.9. The smallest absolute Gasteiger partial charge is 0.259 e. The van der Waals surface area contributed by atoms with Crippen LogP contribution in [0.2, 0.25) is 5.02 Å². The average Bonchev–Trinajstić information content (AvgIpc) is 3.36. The Kier molecular flexibility index (Phi) is 5.02. The molecule has 29 heavy (non-hydrogen) atoms. The number of rotatable bonds is 4. The fourth-order valence-corrected chi connectivity index (χ4v) is 3.78. The maximum Gasteiger partial charge on any atom is 0.259 e. The van der Waals surface area contributed by atoms with Crippen molar-refractivity contribution >= 4 is 17.5 Å². The van der Waals surface area contributed by atoms with Crippen LogP contribution in [0.25, 0.3) is 11.3 Å². The maximum atomic E-state index is 13.1. The van der Waals surface area contributed by atoms with Gasteiger partial charge in [0.05, 0.1) is 18.7 Å². The number of hydrogen-bond donors (Lipinski definition) is 1. The van der Waals surface area contributed by atoms with Crippen LogP contribution in [0, 0.1) is 6.92 Å². The van der Waals surface area contributed by atoms with E-state index in [1.165, 1.54) is 13.4 Å². The number of likely N-dealkylation sites (tertiary alicyclic amines) is 1. The lowest BCUT2D eigenvalue weighted by molar-refractivity contribution is 0.0414. The lowest BCUT2D eigenvalue weighted by Gasteiger charge is -2.23. The molecule has 1 atom stereocenters. The molecule has 3 aromatic rings. The van der Waals surface area contributed by atoms with Gasteiger partial charge in [-0.15, -0.1) is 0 Å². The molecule has 1 fully saturated rings. The van der Waals surface area contributed by atoms with E-state index in [9.17, 15) is 9.90 Å². The molecule has 4 rings (SSSR count). The second-order valence-electron chi connectivity index (χ2n) is 7.12. The number of amides is 1. The molecule has 2 aromatic heterocycles. The average molecular weight is 414 g/mol. The number of carbonyl (C=O) groups is 1. The standard InChI is InChI=1S/C21H20ClN3O4/c1-13-3-5-15(10-23-13)21(27)7-8-25(12-21)20(26)16-11-29-24-19(16)14-4-6-18(28-2)17(22)9-14/h3-6,9-11,27H,7-8,12H2,1-2H3. The Morgan fingerprint density at radius 3 is 2.86 bits per heavy atom. The number of nitrogens with zero attached hydrogens (tertiary/aromatic N) is 3. The van der Waals surface area contributed by atoms with E-state index in [-0.39, 0.29) is 12.5 Å². The molecule has 1 unspecified atom stereocenters. The molecule has 0 bridgehead atoms. The van der Waals surface area contributed by atoms with Crippen molar-refractivity contribution in [1.29, 1.82) is 0 Å². The molecule has 1 saturated heterocycles. The molecule has 0 aliphatic carbocycles. The Labute approximate surface area is 172 Å². The third-order valence-electron chi connectivity index (χ3n) is 5.21. The number of ether oxygens (including phenoxy) is 1. The molecule has 1 aromatic carbocycles. The van der Waals surface area contributed by atoms with Gasteiger partial charge in [0.1, 0.15) is 28.9 Å². The van der Waals surface area contributed by atoms with E-state index in [1.807, 2.05) is 19.1 Å². The van der Waals surface area contributed by atoms with E-state index < -0.39 is 5.60 Å². The molecule has 1 amide bonds. The fraction of sp³-hybridized carbons (Fsp3) is 0.286. The first-order valence-electron chi connectivity index (χ1n) is 9.14. The minimum atomic E-state index is -1.13. The van der Waals surface area contributed by atoms with Gasteiger partial charge in [0.2, 0.25) is 0 Å². The Bertz CT molecular complexity index is 1050. The number of hydrogen-bond acceptors (Lipinski definition) is 6. The van der Waals surface area contributed by atoms with Crippen LogP contribution >= 0.6 is 11.6 Å². The number of aryl methyl sites for hydroxylation is 1. The van der Waals surface area contributed by atoms with Crippen LogP contribution in [0.1, 0.15) is 28.0 Å². The van der Waals surface area contributed by atoms with E-state index in [0.29, 0.717) is 46.1 Å². The highest BCUT2D eigenvalue weighted by atomic mass is 35.5. The van der Waals surface area contributed by atoms with Gasteiger partial charge >= 0.3 is 0 Å². The quantitative estimate of drug-likeness (QED) is 0.704. The van der Waals surface area contributed by atoms with E-state index in [1.54, 1.807) is 29.3 Å². The van der Waals surface area contributed by atoms with E-state index >= 15 is 0 Å². The van der Waals surface area contributed by atoms with Gasteiger partial charge in [-0.05, 0) is 37.6 Å². The molecule has 150 valence electrons. The van der Waals surface area contributed by atoms with Gasteiger partial charge < -0.3 is 19.3 Å². The molecular weight excluding hydrogens is 394 g/mol. The molecule has 8 heteroatoms. The first-order valence-corrected chi connectivity index (χ1v) is 9.52. The molecule has 0 spiro atoms. The molecule has 1 aliphatic heterocycles. The third kappa shape index (κ3) is 3.59. The van der Waals surface area contributed by atoms with Crippen LogP contribution in [-0.4, -0.2) is 46.3 Å². The summed E-state index contributed by atoms with van der Waals surface area (Å²) in [4.78, 5) is 19.0. The van der Waals surface area contributed by atoms with E-state index in [0.717, 1.165) is 5.69 Å². The number of pyridine rings is 1. The summed E-state index contributed by atoms with van der Waals surface area (Å²) in [5.74, 6) is 0.271. The highest BCUT2D eigenvalue weighted by molar-refractivity contribution is 6.32. The van der Waals surface area contributed by atoms with Gasteiger partial charge in [-0.1, -0.05) is 22.8 Å². The zero-order valence-corrected chi connectivity index (χ0v) is 16.8. The molecule has 1 N–H and O–H groups in total. The van der Waals surface area contributed by atoms with Gasteiger partial charge in [0.25, 0.3) is 5.91 Å². The number of methoxy groups -OCH3 is 1. The van der Waals surface area contributed by atoms with Crippen molar-refractivity contribution in [3.63, 3.8) is 0 Å². The summed E-state index contributed by atoms with van der Waals surface area (Å²) in [5, 5.41) is 15.4. The number of aliphatic hydroxyl groups is 1. The number of β-amino-alcohol motifs (C(OH)–C–C–N with tert-alkyl or cyclic N) is 1. The van der Waals surface area contributed by atoms with Crippen LogP contribution in [0.5, 0.6) is 5.75 Å². The van der Waals surface area contributed by atoms with Gasteiger partial charge in [-0.25, -0.2) is 0 Å². The summed E-state index contributed by atoms with van der Waals surface area (Å²) in [6, 6.07) is 8.84. The lowest BCUT2D eigenvalue weighted by atomic mass is 9.94. The van der Waals surface area contributed by atoms with Crippen LogP contribution < -0.4 is 4.74 Å². The predicted molar refractivity (Wildman–Crippen MR) is 107 cm³/mol. The summed E-state index contributed by atoms with van der Waals surface area (Å²) in [6.07, 6.45) is 3.41. The molecule has 3 heterocycles. The maximum absolute atomic E-state index is 13.1. The monoisotopic (exact) mass is 413 g/mol. The Balaban J connectivity index is 1.58. The van der Waals surface area contributed by atoms with Gasteiger partial charge in [0.15, 0.2) is 0 Å². The van der Waals surface area contributed by atoms with Crippen molar-refractivity contribution in [2.24, 2.45) is 0 Å². The summed E-state index contributed by atoms with van der Waals surface area (Å²) >= 11 is 6.20. The number of halogens is 1. The molecule has 1 aliphatic rings. The molecule has 0 radical (unpaired) electrons. The minimum absolute atomic E-state index is 0.171. The molecular formula is C21H20ClN3O4. The van der Waals surface area contributed by atoms with Crippen LogP contribution in [0.4, 0.5) is 0 Å². The summed E-state index contributed by atoms with van der Waals surface area (Å²) < 4.78 is 10.2. The van der Waals surface area contributed by atoms with Crippen molar-refractivity contribution in [1.82, 2.24) is 15.0 Å². The number of benzene rings is 1. The van der Waals surface area contributed by atoms with Crippen molar-refractivity contribution in [2.75, 3.05) is 20.2 Å². The normalized spacial score (nSPS) is 18.8. The van der Waals surface area contributed by atoms with Gasteiger partial charge in [0, 0.05) is 29.6 Å². The van der Waals surface area contributed by atoms with Crippen molar-refractivity contribution < 1.29 is 19.2 Å². The van der Waals surface area contributed by atoms with Gasteiger partial charge in [-0.3, -0.25) is 9.78 Å². The summed E-state index contributed by atoms with van der Waals surface area (Å²) in [6.45, 7) is 2.47. The fourth-order valence-electron chi connectivity index (χ4n) is 3.53. The minimum Gasteiger partial charge on any atom is -0.495 e. The van der Waals surface area contributed by atoms with Crippen molar-refractivity contribution in [3.05, 3.63) is 64.6 Å². The lowest BCUT2D eigenvalue weighted by Crippen LogP contribution is -2.34. The van der Waals surface area contributed by atoms with Crippen LogP contribution in [0.15, 0.2) is 47.3 Å². The highest BCUT2D eigenvalue weighted by Crippen LogP contribution is 2.35. The van der Waals surface area contributed by atoms with Crippen LogP contribution in [0.3, 0.4) is 0 Å². The van der Waals surface area contributed by atoms with E-state index in [4.69, 9.17) is 20.9 Å². The number of aromatic nitrogens is 2. The summed E-state index contributed by atoms with van der Waals surface area (Å²) in [7, 11) is 1.53. The Hall–Kier alpha value is -2.90. The number of carbonyl (C=O) groups excluding carboxylic acids is 1. The largest absolute Gasteiger partial charge is 0.495 e. The highest BCUT2D eigenvalue weighted by Gasteiger charge is 2.41. The molecule has 0 saturated carbocycles. The predicted octanol–water partition coefficient (Wildman–Crippen LogP) is 3.44. The Morgan fingerprint density at radius 2 is 2.17 bits per heavy atom. The van der Waals surface area contributed by atoms with Crippen molar-refractivity contribution in [3.8, 4) is 17.0 Å². The van der Waals surface area contributed by atoms with Gasteiger partial charge in [-0.2, -0.15) is 0 Å². The topological polar surface area (TPSA) is 88.7 Å². The van der Waals surface area contributed by atoms with E-state index in [2.05, 4.69) is 10.1 Å². The Morgan fingerprint density at radius 1 is 1.34 bits per heavy atom.